The Kier molecular flexibility index (Phi) is 5.81. The van der Waals surface area contributed by atoms with E-state index in [0.29, 0.717) is 17.1 Å². The first kappa shape index (κ1) is 16.5. The van der Waals surface area contributed by atoms with Crippen LogP contribution in [-0.4, -0.2) is 19.6 Å². The molecule has 0 aliphatic rings. The van der Waals surface area contributed by atoms with Crippen molar-refractivity contribution in [3.8, 4) is 0 Å². The number of aryl methyl sites for hydroxylation is 1. The van der Waals surface area contributed by atoms with Crippen LogP contribution in [-0.2, 0) is 4.74 Å². The summed E-state index contributed by atoms with van der Waals surface area (Å²) in [7, 11) is 1.64. The molecule has 0 saturated carbocycles. The normalized spacial score (nSPS) is 12.2. The molecule has 1 heterocycles. The largest absolute Gasteiger partial charge is 0.374 e. The number of benzene rings is 1. The van der Waals surface area contributed by atoms with Crippen molar-refractivity contribution in [3.05, 3.63) is 55.1 Å². The molecule has 0 bridgehead atoms. The molecule has 1 aromatic heterocycles. The maximum absolute atomic E-state index is 12.2. The Hall–Kier alpha value is -0.880. The molecule has 1 aromatic carbocycles. The van der Waals surface area contributed by atoms with E-state index >= 15 is 0 Å². The lowest BCUT2D eigenvalue weighted by molar-refractivity contribution is 0.0837. The summed E-state index contributed by atoms with van der Waals surface area (Å²) in [4.78, 5) is 14.5. The number of amides is 1. The first-order valence-corrected chi connectivity index (χ1v) is 8.32. The van der Waals surface area contributed by atoms with Gasteiger partial charge in [0.15, 0.2) is 0 Å². The number of carbonyl (C=O) groups excluding carboxylic acids is 1. The summed E-state index contributed by atoms with van der Waals surface area (Å²) in [6, 6.07) is 9.25. The fraction of sp³-hybridized carbons (Fsp3) is 0.267. The highest BCUT2D eigenvalue weighted by molar-refractivity contribution is 9.10. The Bertz CT molecular complexity index is 644. The van der Waals surface area contributed by atoms with Crippen LogP contribution in [0.15, 0.2) is 34.8 Å². The topological polar surface area (TPSA) is 38.3 Å². The molecule has 0 aliphatic heterocycles. The van der Waals surface area contributed by atoms with Gasteiger partial charge in [-0.2, -0.15) is 0 Å². The number of rotatable bonds is 5. The molecule has 2 aromatic rings. The molecule has 3 nitrogen and oxygen atoms in total. The molecule has 112 valence electrons. The summed E-state index contributed by atoms with van der Waals surface area (Å²) in [6.07, 6.45) is -0.154. The molecule has 1 N–H and O–H groups in total. The fourth-order valence-electron chi connectivity index (χ4n) is 1.88. The van der Waals surface area contributed by atoms with Gasteiger partial charge >= 0.3 is 0 Å². The summed E-state index contributed by atoms with van der Waals surface area (Å²) in [5, 5.41) is 3.29. The van der Waals surface area contributed by atoms with E-state index in [1.807, 2.05) is 19.1 Å². The standard InChI is InChI=1S/C15H15BrClNO2S/c1-9-3-6-14(21-9)13(20-2)8-18-15(19)11-7-10(16)4-5-12(11)17/h3-7,13H,8H2,1-2H3,(H,18,19). The molecule has 6 heteroatoms. The zero-order chi connectivity index (χ0) is 15.4. The van der Waals surface area contributed by atoms with Gasteiger partial charge in [-0.15, -0.1) is 11.3 Å². The first-order chi connectivity index (χ1) is 10.0. The lowest BCUT2D eigenvalue weighted by atomic mass is 10.2. The molecule has 1 amide bonds. The van der Waals surface area contributed by atoms with E-state index in [4.69, 9.17) is 16.3 Å². The van der Waals surface area contributed by atoms with Crippen molar-refractivity contribution in [1.82, 2.24) is 5.32 Å². The average molecular weight is 389 g/mol. The van der Waals surface area contributed by atoms with Gasteiger partial charge in [0.05, 0.1) is 10.6 Å². The first-order valence-electron chi connectivity index (χ1n) is 6.33. The van der Waals surface area contributed by atoms with Gasteiger partial charge in [-0.05, 0) is 37.3 Å². The minimum absolute atomic E-state index is 0.154. The van der Waals surface area contributed by atoms with Crippen LogP contribution < -0.4 is 5.32 Å². The van der Waals surface area contributed by atoms with Crippen LogP contribution in [0.2, 0.25) is 5.02 Å². The van der Waals surface area contributed by atoms with Crippen LogP contribution in [0.4, 0.5) is 0 Å². The van der Waals surface area contributed by atoms with Crippen LogP contribution >= 0.6 is 38.9 Å². The van der Waals surface area contributed by atoms with Gasteiger partial charge in [-0.25, -0.2) is 0 Å². The highest BCUT2D eigenvalue weighted by Crippen LogP contribution is 2.25. The molecular formula is C15H15BrClNO2S. The van der Waals surface area contributed by atoms with Crippen molar-refractivity contribution in [1.29, 1.82) is 0 Å². The van der Waals surface area contributed by atoms with Gasteiger partial charge in [-0.1, -0.05) is 27.5 Å². The number of nitrogens with one attached hydrogen (secondary N) is 1. The third-order valence-electron chi connectivity index (χ3n) is 2.98. The second-order valence-electron chi connectivity index (χ2n) is 4.51. The van der Waals surface area contributed by atoms with E-state index in [1.165, 1.54) is 4.88 Å². The van der Waals surface area contributed by atoms with Gasteiger partial charge in [0.2, 0.25) is 0 Å². The summed E-state index contributed by atoms with van der Waals surface area (Å²) in [6.45, 7) is 2.44. The van der Waals surface area contributed by atoms with Crippen molar-refractivity contribution in [2.75, 3.05) is 13.7 Å². The zero-order valence-corrected chi connectivity index (χ0v) is 14.8. The van der Waals surface area contributed by atoms with Gasteiger partial charge in [0, 0.05) is 27.9 Å². The molecule has 0 radical (unpaired) electrons. The highest BCUT2D eigenvalue weighted by Gasteiger charge is 2.16. The maximum atomic E-state index is 12.2. The third-order valence-corrected chi connectivity index (χ3v) is 4.90. The third kappa shape index (κ3) is 4.30. The molecule has 2 rings (SSSR count). The Morgan fingerprint density at radius 1 is 1.43 bits per heavy atom. The highest BCUT2D eigenvalue weighted by atomic mass is 79.9. The number of hydrogen-bond donors (Lipinski definition) is 1. The smallest absolute Gasteiger partial charge is 0.252 e. The van der Waals surface area contributed by atoms with E-state index in [1.54, 1.807) is 36.6 Å². The molecular weight excluding hydrogens is 374 g/mol. The van der Waals surface area contributed by atoms with Crippen LogP contribution in [0.3, 0.4) is 0 Å². The summed E-state index contributed by atoms with van der Waals surface area (Å²) < 4.78 is 6.26. The predicted octanol–water partition coefficient (Wildman–Crippen LogP) is 4.59. The molecule has 0 spiro atoms. The van der Waals surface area contributed by atoms with Gasteiger partial charge in [-0.3, -0.25) is 4.79 Å². The van der Waals surface area contributed by atoms with E-state index in [9.17, 15) is 4.79 Å². The molecule has 21 heavy (non-hydrogen) atoms. The molecule has 0 saturated heterocycles. The van der Waals surface area contributed by atoms with E-state index < -0.39 is 0 Å². The Morgan fingerprint density at radius 3 is 2.81 bits per heavy atom. The molecule has 1 atom stereocenters. The van der Waals surface area contributed by atoms with Gasteiger partial charge < -0.3 is 10.1 Å². The van der Waals surface area contributed by atoms with Gasteiger partial charge in [0.1, 0.15) is 6.10 Å². The SMILES string of the molecule is COC(CNC(=O)c1cc(Br)ccc1Cl)c1ccc(C)s1. The van der Waals surface area contributed by atoms with E-state index in [-0.39, 0.29) is 12.0 Å². The number of hydrogen-bond acceptors (Lipinski definition) is 3. The van der Waals surface area contributed by atoms with Crippen LogP contribution in [0.25, 0.3) is 0 Å². The average Bonchev–Trinajstić information content (AvgIpc) is 2.88. The minimum atomic E-state index is -0.211. The van der Waals surface area contributed by atoms with Crippen molar-refractivity contribution in [3.63, 3.8) is 0 Å². The number of methoxy groups -OCH3 is 1. The molecule has 0 aliphatic carbocycles. The zero-order valence-electron chi connectivity index (χ0n) is 11.7. The Morgan fingerprint density at radius 2 is 2.19 bits per heavy atom. The number of halogens is 2. The van der Waals surface area contributed by atoms with Gasteiger partial charge in [0.25, 0.3) is 5.91 Å². The quantitative estimate of drug-likeness (QED) is 0.813. The fourth-order valence-corrected chi connectivity index (χ4v) is 3.40. The monoisotopic (exact) mass is 387 g/mol. The molecule has 0 fully saturated rings. The number of thiophene rings is 1. The van der Waals surface area contributed by atoms with Crippen molar-refractivity contribution < 1.29 is 9.53 Å². The second-order valence-corrected chi connectivity index (χ2v) is 7.15. The molecule has 1 unspecified atom stereocenters. The lowest BCUT2D eigenvalue weighted by Crippen LogP contribution is -2.29. The van der Waals surface area contributed by atoms with Crippen molar-refractivity contribution >= 4 is 44.8 Å². The van der Waals surface area contributed by atoms with E-state index in [2.05, 4.69) is 21.2 Å². The number of carbonyl (C=O) groups is 1. The summed E-state index contributed by atoms with van der Waals surface area (Å²) >= 11 is 11.0. The maximum Gasteiger partial charge on any atom is 0.252 e. The lowest BCUT2D eigenvalue weighted by Gasteiger charge is -2.15. The van der Waals surface area contributed by atoms with Crippen molar-refractivity contribution in [2.24, 2.45) is 0 Å². The minimum Gasteiger partial charge on any atom is -0.374 e. The van der Waals surface area contributed by atoms with Crippen LogP contribution in [0, 0.1) is 6.92 Å². The summed E-state index contributed by atoms with van der Waals surface area (Å²) in [5.74, 6) is -0.211. The number of ether oxygens (including phenoxy) is 1. The van der Waals surface area contributed by atoms with Crippen LogP contribution in [0.1, 0.15) is 26.2 Å². The van der Waals surface area contributed by atoms with Crippen molar-refractivity contribution in [2.45, 2.75) is 13.0 Å². The summed E-state index contributed by atoms with van der Waals surface area (Å²) in [5.41, 5.74) is 0.447. The van der Waals surface area contributed by atoms with Crippen LogP contribution in [0.5, 0.6) is 0 Å². The second kappa shape index (κ2) is 7.40. The Balaban J connectivity index is 2.04. The predicted molar refractivity (Wildman–Crippen MR) is 90.3 cm³/mol. The van der Waals surface area contributed by atoms with E-state index in [0.717, 1.165) is 9.35 Å². The Labute approximate surface area is 141 Å².